The lowest BCUT2D eigenvalue weighted by molar-refractivity contribution is 0.923. The van der Waals surface area contributed by atoms with Gasteiger partial charge in [-0.2, -0.15) is 0 Å². The summed E-state index contributed by atoms with van der Waals surface area (Å²) >= 11 is 0. The normalized spacial score (nSPS) is 12.3. The van der Waals surface area contributed by atoms with Gasteiger partial charge in [0.05, 0.1) is 0 Å². The predicted molar refractivity (Wildman–Crippen MR) is 120 cm³/mol. The summed E-state index contributed by atoms with van der Waals surface area (Å²) in [6, 6.07) is 21.6. The highest BCUT2D eigenvalue weighted by atomic mass is 14.1. The van der Waals surface area contributed by atoms with Crippen LogP contribution >= 0.6 is 0 Å². The SMILES string of the molecule is CCCB(CCC)C(=Cc1ccccc1)C(=Cc1ccccc1)CCC. The zero-order valence-corrected chi connectivity index (χ0v) is 16.7. The summed E-state index contributed by atoms with van der Waals surface area (Å²) in [6.07, 6.45) is 12.2. The van der Waals surface area contributed by atoms with Crippen molar-refractivity contribution in [3.8, 4) is 0 Å². The van der Waals surface area contributed by atoms with Gasteiger partial charge < -0.3 is 0 Å². The van der Waals surface area contributed by atoms with Gasteiger partial charge in [0, 0.05) is 0 Å². The van der Waals surface area contributed by atoms with Crippen molar-refractivity contribution in [2.75, 3.05) is 0 Å². The molecule has 0 nitrogen and oxygen atoms in total. The number of benzene rings is 2. The standard InChI is InChI=1S/C25H33B/c1-4-13-24(20-22-14-9-7-10-15-22)25(26(18-5-2)19-6-3)21-23-16-11-8-12-17-23/h7-12,14-17,20-21H,4-6,13,18-19H2,1-3H3. The number of hydrogen-bond donors (Lipinski definition) is 0. The van der Waals surface area contributed by atoms with Crippen molar-refractivity contribution >= 4 is 18.9 Å². The zero-order chi connectivity index (χ0) is 18.6. The summed E-state index contributed by atoms with van der Waals surface area (Å²) in [5.41, 5.74) is 5.68. The average Bonchev–Trinajstić information content (AvgIpc) is 2.67. The Morgan fingerprint density at radius 2 is 1.19 bits per heavy atom. The predicted octanol–water partition coefficient (Wildman–Crippen LogP) is 7.81. The highest BCUT2D eigenvalue weighted by Gasteiger charge is 2.20. The van der Waals surface area contributed by atoms with E-state index in [4.69, 9.17) is 0 Å². The van der Waals surface area contributed by atoms with E-state index >= 15 is 0 Å². The number of hydrogen-bond acceptors (Lipinski definition) is 0. The molecule has 2 aromatic rings. The molecule has 0 heterocycles. The Kier molecular flexibility index (Phi) is 9.03. The van der Waals surface area contributed by atoms with Gasteiger partial charge in [0.15, 0.2) is 6.71 Å². The van der Waals surface area contributed by atoms with Gasteiger partial charge in [0.1, 0.15) is 0 Å². The molecular weight excluding hydrogens is 311 g/mol. The maximum atomic E-state index is 2.44. The van der Waals surface area contributed by atoms with Crippen LogP contribution in [0.3, 0.4) is 0 Å². The molecule has 0 amide bonds. The van der Waals surface area contributed by atoms with E-state index in [1.54, 1.807) is 5.47 Å². The molecular formula is C25H33B. The lowest BCUT2D eigenvalue weighted by Crippen LogP contribution is -2.17. The summed E-state index contributed by atoms with van der Waals surface area (Å²) in [6.45, 7) is 7.55. The van der Waals surface area contributed by atoms with Crippen LogP contribution in [0, 0.1) is 0 Å². The van der Waals surface area contributed by atoms with Gasteiger partial charge in [0.2, 0.25) is 0 Å². The van der Waals surface area contributed by atoms with Crippen molar-refractivity contribution in [2.45, 2.75) is 59.1 Å². The smallest absolute Gasteiger partial charge is 0.0763 e. The van der Waals surface area contributed by atoms with Crippen molar-refractivity contribution in [3.05, 3.63) is 82.8 Å². The van der Waals surface area contributed by atoms with Crippen LogP contribution in [0.15, 0.2) is 71.7 Å². The third-order valence-corrected chi connectivity index (χ3v) is 4.87. The average molecular weight is 344 g/mol. The largest absolute Gasteiger partial charge is 0.176 e. The lowest BCUT2D eigenvalue weighted by atomic mass is 9.37. The first-order chi connectivity index (χ1) is 12.8. The lowest BCUT2D eigenvalue weighted by Gasteiger charge is -2.20. The van der Waals surface area contributed by atoms with E-state index in [9.17, 15) is 0 Å². The Bertz CT molecular complexity index is 677. The van der Waals surface area contributed by atoms with Crippen LogP contribution < -0.4 is 0 Å². The van der Waals surface area contributed by atoms with E-state index in [2.05, 4.69) is 93.6 Å². The molecule has 0 spiro atoms. The highest BCUT2D eigenvalue weighted by molar-refractivity contribution is 6.68. The minimum Gasteiger partial charge on any atom is -0.0763 e. The van der Waals surface area contributed by atoms with Crippen LogP contribution in [0.4, 0.5) is 0 Å². The van der Waals surface area contributed by atoms with Crippen molar-refractivity contribution in [2.24, 2.45) is 0 Å². The van der Waals surface area contributed by atoms with E-state index in [-0.39, 0.29) is 0 Å². The number of allylic oxidation sites excluding steroid dienone is 2. The molecule has 0 atom stereocenters. The fourth-order valence-electron chi connectivity index (χ4n) is 3.67. The fraction of sp³-hybridized carbons (Fsp3) is 0.360. The molecule has 0 aliphatic heterocycles. The molecule has 0 aliphatic carbocycles. The third-order valence-electron chi connectivity index (χ3n) is 4.87. The van der Waals surface area contributed by atoms with Gasteiger partial charge in [-0.3, -0.25) is 0 Å². The maximum absolute atomic E-state index is 2.44. The molecule has 0 bridgehead atoms. The second-order valence-corrected chi connectivity index (χ2v) is 7.11. The van der Waals surface area contributed by atoms with Crippen LogP contribution in [0.2, 0.25) is 12.6 Å². The molecule has 0 radical (unpaired) electrons. The van der Waals surface area contributed by atoms with E-state index in [1.165, 1.54) is 48.6 Å². The Morgan fingerprint density at radius 1 is 0.692 bits per heavy atom. The Morgan fingerprint density at radius 3 is 1.65 bits per heavy atom. The van der Waals surface area contributed by atoms with Crippen LogP contribution in [0.5, 0.6) is 0 Å². The summed E-state index contributed by atoms with van der Waals surface area (Å²) < 4.78 is 0. The first-order valence-electron chi connectivity index (χ1n) is 10.3. The second-order valence-electron chi connectivity index (χ2n) is 7.11. The molecule has 2 rings (SSSR count). The minimum atomic E-state index is 0.645. The van der Waals surface area contributed by atoms with Crippen molar-refractivity contribution in [1.29, 1.82) is 0 Å². The van der Waals surface area contributed by atoms with Crippen molar-refractivity contribution in [3.63, 3.8) is 0 Å². The van der Waals surface area contributed by atoms with Crippen LogP contribution in [0.1, 0.15) is 57.6 Å². The Balaban J connectivity index is 2.51. The Hall–Kier alpha value is -2.02. The minimum absolute atomic E-state index is 0.645. The van der Waals surface area contributed by atoms with Gasteiger partial charge >= 0.3 is 0 Å². The fourth-order valence-corrected chi connectivity index (χ4v) is 3.67. The molecule has 2 aromatic carbocycles. The quantitative estimate of drug-likeness (QED) is 0.304. The van der Waals surface area contributed by atoms with Gasteiger partial charge in [-0.05, 0) is 17.5 Å². The first-order valence-corrected chi connectivity index (χ1v) is 10.3. The zero-order valence-electron chi connectivity index (χ0n) is 16.7. The maximum Gasteiger partial charge on any atom is 0.176 e. The van der Waals surface area contributed by atoms with Crippen molar-refractivity contribution < 1.29 is 0 Å². The summed E-state index contributed by atoms with van der Waals surface area (Å²) in [7, 11) is 0. The van der Waals surface area contributed by atoms with Crippen LogP contribution in [-0.2, 0) is 0 Å². The monoisotopic (exact) mass is 344 g/mol. The molecule has 26 heavy (non-hydrogen) atoms. The molecule has 1 heteroatoms. The van der Waals surface area contributed by atoms with Gasteiger partial charge in [-0.1, -0.05) is 137 Å². The topological polar surface area (TPSA) is 0 Å². The second kappa shape index (κ2) is 11.6. The molecule has 0 saturated heterocycles. The van der Waals surface area contributed by atoms with Crippen molar-refractivity contribution in [1.82, 2.24) is 0 Å². The van der Waals surface area contributed by atoms with E-state index in [0.29, 0.717) is 6.71 Å². The van der Waals surface area contributed by atoms with Crippen LogP contribution in [-0.4, -0.2) is 6.71 Å². The molecule has 0 unspecified atom stereocenters. The van der Waals surface area contributed by atoms with Crippen LogP contribution in [0.25, 0.3) is 12.2 Å². The summed E-state index contributed by atoms with van der Waals surface area (Å²) in [5.74, 6) is 0. The molecule has 0 aliphatic rings. The molecule has 0 saturated carbocycles. The molecule has 0 fully saturated rings. The first kappa shape index (κ1) is 20.3. The van der Waals surface area contributed by atoms with E-state index in [0.717, 1.165) is 6.42 Å². The molecule has 136 valence electrons. The van der Waals surface area contributed by atoms with E-state index < -0.39 is 0 Å². The Labute approximate surface area is 161 Å². The van der Waals surface area contributed by atoms with Gasteiger partial charge in [0.25, 0.3) is 0 Å². The highest BCUT2D eigenvalue weighted by Crippen LogP contribution is 2.29. The third kappa shape index (κ3) is 6.37. The van der Waals surface area contributed by atoms with Gasteiger partial charge in [-0.25, -0.2) is 0 Å². The van der Waals surface area contributed by atoms with E-state index in [1.807, 2.05) is 0 Å². The van der Waals surface area contributed by atoms with Gasteiger partial charge in [-0.15, -0.1) is 0 Å². The molecule has 0 N–H and O–H groups in total. The number of rotatable bonds is 10. The molecule has 0 aromatic heterocycles. The summed E-state index contributed by atoms with van der Waals surface area (Å²) in [5, 5.41) is 0. The summed E-state index contributed by atoms with van der Waals surface area (Å²) in [4.78, 5) is 0.